The second-order valence-corrected chi connectivity index (χ2v) is 13.5. The number of anilines is 5. The normalized spacial score (nSPS) is 14.1. The van der Waals surface area contributed by atoms with Crippen LogP contribution < -0.4 is 25.6 Å². The Morgan fingerprint density at radius 2 is 1.73 bits per heavy atom. The average Bonchev–Trinajstić information content (AvgIpc) is 3.01. The summed E-state index contributed by atoms with van der Waals surface area (Å²) < 4.78 is 31.9. The van der Waals surface area contributed by atoms with Gasteiger partial charge in [-0.15, -0.1) is 0 Å². The van der Waals surface area contributed by atoms with Crippen molar-refractivity contribution in [1.82, 2.24) is 15.3 Å². The van der Waals surface area contributed by atoms with Crippen LogP contribution in [0.25, 0.3) is 10.9 Å². The fourth-order valence-electron chi connectivity index (χ4n) is 5.25. The Balaban J connectivity index is 1.37. The number of benzene rings is 3. The third-order valence-electron chi connectivity index (χ3n) is 7.73. The number of rotatable bonds is 12. The summed E-state index contributed by atoms with van der Waals surface area (Å²) in [5.41, 5.74) is 2.84. The van der Waals surface area contributed by atoms with Crippen LogP contribution in [0.1, 0.15) is 33.1 Å². The molecule has 232 valence electrons. The van der Waals surface area contributed by atoms with Crippen molar-refractivity contribution in [3.8, 4) is 5.75 Å². The fourth-order valence-corrected chi connectivity index (χ4v) is 6.45. The number of nitrogens with zero attached hydrogens (tertiary/aromatic N) is 3. The molecule has 4 N–H and O–H groups in total. The Kier molecular flexibility index (Phi) is 9.50. The van der Waals surface area contributed by atoms with E-state index in [9.17, 15) is 13.2 Å². The summed E-state index contributed by atoms with van der Waals surface area (Å²) in [4.78, 5) is 22.8. The first-order valence-corrected chi connectivity index (χ1v) is 16.2. The Morgan fingerprint density at radius 1 is 1.00 bits per heavy atom. The number of ether oxygens (including phenoxy) is 1. The molecule has 0 spiro atoms. The molecule has 0 aliphatic carbocycles. The molecule has 5 rings (SSSR count). The minimum atomic E-state index is -3.54. The third-order valence-corrected chi connectivity index (χ3v) is 9.94. The number of hydrogen-bond donors (Lipinski definition) is 4. The van der Waals surface area contributed by atoms with Gasteiger partial charge in [-0.25, -0.2) is 13.4 Å². The second kappa shape index (κ2) is 13.5. The van der Waals surface area contributed by atoms with E-state index in [1.54, 1.807) is 45.2 Å². The molecule has 11 nitrogen and oxygen atoms in total. The van der Waals surface area contributed by atoms with Gasteiger partial charge >= 0.3 is 5.97 Å². The summed E-state index contributed by atoms with van der Waals surface area (Å²) in [5.74, 6) is 0.637. The van der Waals surface area contributed by atoms with Gasteiger partial charge in [0, 0.05) is 42.8 Å². The number of hydrogen-bond acceptors (Lipinski definition) is 10. The van der Waals surface area contributed by atoms with Gasteiger partial charge in [0.25, 0.3) is 0 Å². The number of para-hydroxylation sites is 2. The van der Waals surface area contributed by atoms with Crippen molar-refractivity contribution >= 4 is 55.5 Å². The SMILES string of the molecule is COc1cc(N2CCC(NCCC(=O)O)CC2)ccc1Nc1nc(Nc2ccccc2S(=O)(=O)C(C)C)c2ccccc2n1. The van der Waals surface area contributed by atoms with E-state index in [0.717, 1.165) is 37.0 Å². The van der Waals surface area contributed by atoms with E-state index in [1.165, 1.54) is 0 Å². The molecule has 0 amide bonds. The van der Waals surface area contributed by atoms with E-state index >= 15 is 0 Å². The molecular weight excluding hydrogens is 580 g/mol. The molecule has 1 saturated heterocycles. The quantitative estimate of drug-likeness (QED) is 0.163. The van der Waals surface area contributed by atoms with Crippen molar-refractivity contribution in [2.24, 2.45) is 0 Å². The molecule has 0 radical (unpaired) electrons. The molecule has 2 heterocycles. The molecule has 1 fully saturated rings. The van der Waals surface area contributed by atoms with Crippen LogP contribution in [0.5, 0.6) is 5.75 Å². The molecular formula is C32H38N6O5S. The second-order valence-electron chi connectivity index (χ2n) is 11.0. The van der Waals surface area contributed by atoms with Crippen molar-refractivity contribution in [2.45, 2.75) is 49.3 Å². The summed E-state index contributed by atoms with van der Waals surface area (Å²) in [7, 11) is -1.93. The smallest absolute Gasteiger partial charge is 0.304 e. The third kappa shape index (κ3) is 7.03. The van der Waals surface area contributed by atoms with Crippen LogP contribution in [0.3, 0.4) is 0 Å². The standard InChI is InChI=1S/C32H38N6O5S/c1-21(2)44(41,42)29-11-7-6-10-27(29)34-31-24-8-4-5-9-25(24)35-32(37-31)36-26-13-12-23(20-28(26)43-3)38-18-15-22(16-19-38)33-17-14-30(39)40/h4-13,20-22,33H,14-19H2,1-3H3,(H,39,40)(H2,34,35,36,37). The summed E-state index contributed by atoms with van der Waals surface area (Å²) in [5, 5.41) is 18.9. The number of fused-ring (bicyclic) bond motifs is 1. The van der Waals surface area contributed by atoms with Crippen molar-refractivity contribution in [1.29, 1.82) is 0 Å². The number of carboxylic acids is 1. The number of aromatic nitrogens is 2. The van der Waals surface area contributed by atoms with Crippen LogP contribution in [-0.2, 0) is 14.6 Å². The molecule has 1 aliphatic rings. The number of sulfone groups is 1. The predicted octanol–water partition coefficient (Wildman–Crippen LogP) is 5.34. The zero-order chi connectivity index (χ0) is 31.3. The maximum atomic E-state index is 13.1. The van der Waals surface area contributed by atoms with Crippen LogP contribution in [0.4, 0.5) is 28.8 Å². The molecule has 4 aromatic rings. The lowest BCUT2D eigenvalue weighted by molar-refractivity contribution is -0.136. The van der Waals surface area contributed by atoms with Gasteiger partial charge < -0.3 is 30.7 Å². The lowest BCUT2D eigenvalue weighted by atomic mass is 10.0. The monoisotopic (exact) mass is 618 g/mol. The maximum absolute atomic E-state index is 13.1. The largest absolute Gasteiger partial charge is 0.494 e. The average molecular weight is 619 g/mol. The summed E-state index contributed by atoms with van der Waals surface area (Å²) in [6.45, 7) is 5.50. The van der Waals surface area contributed by atoms with E-state index in [0.29, 0.717) is 47.0 Å². The number of carbonyl (C=O) groups is 1. The molecule has 0 bridgehead atoms. The van der Waals surface area contributed by atoms with Gasteiger partial charge in [-0.05, 0) is 63.1 Å². The predicted molar refractivity (Wildman–Crippen MR) is 173 cm³/mol. The Bertz CT molecular complexity index is 1740. The van der Waals surface area contributed by atoms with Gasteiger partial charge in [0.1, 0.15) is 11.6 Å². The van der Waals surface area contributed by atoms with Crippen LogP contribution in [0.15, 0.2) is 71.6 Å². The van der Waals surface area contributed by atoms with E-state index in [-0.39, 0.29) is 11.3 Å². The van der Waals surface area contributed by atoms with E-state index < -0.39 is 21.1 Å². The minimum Gasteiger partial charge on any atom is -0.494 e. The van der Waals surface area contributed by atoms with Crippen molar-refractivity contribution in [2.75, 3.05) is 42.3 Å². The van der Waals surface area contributed by atoms with Crippen LogP contribution >= 0.6 is 0 Å². The lowest BCUT2D eigenvalue weighted by Crippen LogP contribution is -2.43. The highest BCUT2D eigenvalue weighted by Crippen LogP contribution is 2.35. The Hall–Kier alpha value is -4.42. The number of aliphatic carboxylic acids is 1. The molecule has 44 heavy (non-hydrogen) atoms. The van der Waals surface area contributed by atoms with Crippen LogP contribution in [-0.4, -0.2) is 67.5 Å². The van der Waals surface area contributed by atoms with Crippen molar-refractivity contribution in [3.63, 3.8) is 0 Å². The maximum Gasteiger partial charge on any atom is 0.304 e. The highest BCUT2D eigenvalue weighted by atomic mass is 32.2. The topological polar surface area (TPSA) is 146 Å². The number of piperidine rings is 1. The Morgan fingerprint density at radius 3 is 2.45 bits per heavy atom. The van der Waals surface area contributed by atoms with Crippen LogP contribution in [0.2, 0.25) is 0 Å². The number of carboxylic acid groups (broad SMARTS) is 1. The number of nitrogens with one attached hydrogen (secondary N) is 3. The highest BCUT2D eigenvalue weighted by Gasteiger charge is 2.24. The molecule has 0 atom stereocenters. The summed E-state index contributed by atoms with van der Waals surface area (Å²) in [6.07, 6.45) is 1.96. The molecule has 1 aromatic heterocycles. The first kappa shape index (κ1) is 31.0. The van der Waals surface area contributed by atoms with Gasteiger partial charge in [-0.3, -0.25) is 4.79 Å². The molecule has 0 saturated carbocycles. The van der Waals surface area contributed by atoms with Gasteiger partial charge in [0.05, 0.1) is 40.6 Å². The van der Waals surface area contributed by atoms with Crippen molar-refractivity contribution < 1.29 is 23.1 Å². The fraction of sp³-hybridized carbons (Fsp3) is 0.344. The van der Waals surface area contributed by atoms with Gasteiger partial charge in [0.15, 0.2) is 9.84 Å². The van der Waals surface area contributed by atoms with Gasteiger partial charge in [-0.1, -0.05) is 24.3 Å². The van der Waals surface area contributed by atoms with Crippen molar-refractivity contribution in [3.05, 3.63) is 66.7 Å². The van der Waals surface area contributed by atoms with E-state index in [2.05, 4.69) is 20.9 Å². The lowest BCUT2D eigenvalue weighted by Gasteiger charge is -2.34. The molecule has 12 heteroatoms. The minimum absolute atomic E-state index is 0.123. The van der Waals surface area contributed by atoms with Gasteiger partial charge in [-0.2, -0.15) is 4.98 Å². The first-order chi connectivity index (χ1) is 21.2. The van der Waals surface area contributed by atoms with Gasteiger partial charge in [0.2, 0.25) is 5.95 Å². The zero-order valence-corrected chi connectivity index (χ0v) is 25.9. The summed E-state index contributed by atoms with van der Waals surface area (Å²) >= 11 is 0. The Labute approximate surface area is 257 Å². The van der Waals surface area contributed by atoms with E-state index in [1.807, 2.05) is 42.5 Å². The van der Waals surface area contributed by atoms with E-state index in [4.69, 9.17) is 19.8 Å². The van der Waals surface area contributed by atoms with Crippen LogP contribution in [0, 0.1) is 0 Å². The highest BCUT2D eigenvalue weighted by molar-refractivity contribution is 7.92. The molecule has 3 aromatic carbocycles. The summed E-state index contributed by atoms with van der Waals surface area (Å²) in [6, 6.07) is 20.6. The first-order valence-electron chi connectivity index (χ1n) is 14.7. The molecule has 1 aliphatic heterocycles. The number of methoxy groups -OCH3 is 1. The molecule has 0 unspecified atom stereocenters. The zero-order valence-electron chi connectivity index (χ0n) is 25.1.